The largest absolute Gasteiger partial charge is 0.206 e. The molecular weight excluding hydrogens is 367 g/mol. The maximum absolute atomic E-state index is 15.1. The van der Waals surface area contributed by atoms with Crippen molar-refractivity contribution in [1.82, 2.24) is 0 Å². The quantitative estimate of drug-likeness (QED) is 0.250. The predicted molar refractivity (Wildman–Crippen MR) is 125 cm³/mol. The van der Waals surface area contributed by atoms with Crippen LogP contribution in [0.15, 0.2) is 91.5 Å². The molecule has 0 saturated carbocycles. The van der Waals surface area contributed by atoms with E-state index in [4.69, 9.17) is 0 Å². The van der Waals surface area contributed by atoms with Crippen LogP contribution in [0.25, 0.3) is 21.9 Å². The number of hydrogen-bond acceptors (Lipinski definition) is 0. The fourth-order valence-electron chi connectivity index (χ4n) is 3.49. The number of halogens is 1. The molecule has 0 fully saturated rings. The van der Waals surface area contributed by atoms with E-state index in [9.17, 15) is 0 Å². The minimum atomic E-state index is -0.189. The Kier molecular flexibility index (Phi) is 5.77. The van der Waals surface area contributed by atoms with Gasteiger partial charge in [-0.15, -0.1) is 6.58 Å². The van der Waals surface area contributed by atoms with Crippen molar-refractivity contribution in [3.8, 4) is 23.0 Å². The maximum atomic E-state index is 15.1. The Morgan fingerprint density at radius 1 is 0.833 bits per heavy atom. The van der Waals surface area contributed by atoms with Gasteiger partial charge < -0.3 is 0 Å². The lowest BCUT2D eigenvalue weighted by molar-refractivity contribution is 0.643. The first-order valence-corrected chi connectivity index (χ1v) is 10.2. The van der Waals surface area contributed by atoms with Crippen molar-refractivity contribution in [1.29, 1.82) is 0 Å². The summed E-state index contributed by atoms with van der Waals surface area (Å²) in [5.74, 6) is 6.21. The molecule has 0 amide bonds. The molecule has 0 atom stereocenters. The zero-order valence-electron chi connectivity index (χ0n) is 17.1. The van der Waals surface area contributed by atoms with Gasteiger partial charge in [0, 0.05) is 22.1 Å². The Labute approximate surface area is 177 Å². The van der Waals surface area contributed by atoms with Crippen LogP contribution in [0.3, 0.4) is 0 Å². The van der Waals surface area contributed by atoms with Crippen LogP contribution in [0.4, 0.5) is 4.39 Å². The van der Waals surface area contributed by atoms with E-state index in [-0.39, 0.29) is 5.82 Å². The smallest absolute Gasteiger partial charge is 0.138 e. The number of aryl methyl sites for hydroxylation is 2. The van der Waals surface area contributed by atoms with Gasteiger partial charge in [-0.25, -0.2) is 4.39 Å². The Hall–Kier alpha value is -3.63. The van der Waals surface area contributed by atoms with Crippen LogP contribution in [0.2, 0.25) is 0 Å². The first-order chi connectivity index (χ1) is 14.6. The first-order valence-electron chi connectivity index (χ1n) is 10.2. The third-order valence-corrected chi connectivity index (χ3v) is 5.26. The van der Waals surface area contributed by atoms with E-state index in [1.807, 2.05) is 79.7 Å². The summed E-state index contributed by atoms with van der Waals surface area (Å²) in [4.78, 5) is 0. The lowest BCUT2D eigenvalue weighted by atomic mass is 9.98. The second kappa shape index (κ2) is 8.80. The van der Waals surface area contributed by atoms with Gasteiger partial charge in [0.1, 0.15) is 5.82 Å². The SMILES string of the molecule is C=CCCc1ccc(C#Cc2ccc3c(F)c(-c4ccc(C)cc4)ccc3c2)cc1. The highest BCUT2D eigenvalue weighted by molar-refractivity contribution is 5.89. The molecule has 1 heteroatoms. The summed E-state index contributed by atoms with van der Waals surface area (Å²) in [7, 11) is 0. The van der Waals surface area contributed by atoms with Gasteiger partial charge in [0.2, 0.25) is 0 Å². The summed E-state index contributed by atoms with van der Waals surface area (Å²) in [6.45, 7) is 5.79. The van der Waals surface area contributed by atoms with E-state index in [1.54, 1.807) is 0 Å². The van der Waals surface area contributed by atoms with Crippen molar-refractivity contribution in [2.45, 2.75) is 19.8 Å². The molecule has 4 aromatic carbocycles. The molecule has 0 aromatic heterocycles. The van der Waals surface area contributed by atoms with Gasteiger partial charge in [-0.1, -0.05) is 78.1 Å². The zero-order valence-corrected chi connectivity index (χ0v) is 17.1. The summed E-state index contributed by atoms with van der Waals surface area (Å²) in [5.41, 5.74) is 5.80. The van der Waals surface area contributed by atoms with Crippen LogP contribution in [-0.4, -0.2) is 0 Å². The van der Waals surface area contributed by atoms with Crippen LogP contribution in [0, 0.1) is 24.6 Å². The fourth-order valence-corrected chi connectivity index (χ4v) is 3.49. The van der Waals surface area contributed by atoms with E-state index < -0.39 is 0 Å². The van der Waals surface area contributed by atoms with Gasteiger partial charge in [-0.3, -0.25) is 0 Å². The monoisotopic (exact) mass is 390 g/mol. The van der Waals surface area contributed by atoms with E-state index in [2.05, 4.69) is 30.6 Å². The normalized spacial score (nSPS) is 10.5. The minimum Gasteiger partial charge on any atom is -0.206 e. The molecule has 146 valence electrons. The van der Waals surface area contributed by atoms with Crippen molar-refractivity contribution >= 4 is 10.8 Å². The molecule has 0 unspecified atom stereocenters. The predicted octanol–water partition coefficient (Wildman–Crippen LogP) is 7.47. The molecule has 0 aliphatic carbocycles. The van der Waals surface area contributed by atoms with Gasteiger partial charge in [0.15, 0.2) is 0 Å². The maximum Gasteiger partial charge on any atom is 0.138 e. The summed E-state index contributed by atoms with van der Waals surface area (Å²) < 4.78 is 15.1. The van der Waals surface area contributed by atoms with Crippen molar-refractivity contribution in [3.63, 3.8) is 0 Å². The summed E-state index contributed by atoms with van der Waals surface area (Å²) in [6, 6.07) is 25.7. The second-order valence-electron chi connectivity index (χ2n) is 7.50. The van der Waals surface area contributed by atoms with Gasteiger partial charge in [-0.2, -0.15) is 0 Å². The standard InChI is InChI=1S/C29H23F/c1-3-4-5-22-8-10-23(11-9-22)12-13-24-14-18-28-26(20-24)17-19-27(29(28)30)25-15-6-21(2)7-16-25/h3,6-11,14-20H,1,4-5H2,2H3. The minimum absolute atomic E-state index is 0.189. The van der Waals surface area contributed by atoms with Crippen LogP contribution >= 0.6 is 0 Å². The lowest BCUT2D eigenvalue weighted by Crippen LogP contribution is -1.88. The van der Waals surface area contributed by atoms with Gasteiger partial charge in [-0.05, 0) is 60.5 Å². The highest BCUT2D eigenvalue weighted by Gasteiger charge is 2.09. The van der Waals surface area contributed by atoms with Crippen molar-refractivity contribution in [2.75, 3.05) is 0 Å². The highest BCUT2D eigenvalue weighted by atomic mass is 19.1. The van der Waals surface area contributed by atoms with Crippen LogP contribution in [0.1, 0.15) is 28.7 Å². The first kappa shape index (κ1) is 19.7. The summed E-state index contributed by atoms with van der Waals surface area (Å²) in [6.07, 6.45) is 3.91. The number of fused-ring (bicyclic) bond motifs is 1. The van der Waals surface area contributed by atoms with Crippen molar-refractivity contribution < 1.29 is 4.39 Å². The molecule has 0 saturated heterocycles. The Morgan fingerprint density at radius 3 is 2.27 bits per heavy atom. The van der Waals surface area contributed by atoms with Crippen LogP contribution in [0.5, 0.6) is 0 Å². The molecule has 0 heterocycles. The molecule has 4 rings (SSSR count). The van der Waals surface area contributed by atoms with Gasteiger partial charge >= 0.3 is 0 Å². The molecule has 0 spiro atoms. The molecule has 30 heavy (non-hydrogen) atoms. The molecule has 0 radical (unpaired) electrons. The second-order valence-corrected chi connectivity index (χ2v) is 7.50. The van der Waals surface area contributed by atoms with Crippen molar-refractivity contribution in [2.24, 2.45) is 0 Å². The fraction of sp³-hybridized carbons (Fsp3) is 0.103. The molecule has 0 aliphatic rings. The number of allylic oxidation sites excluding steroid dienone is 1. The van der Waals surface area contributed by atoms with Crippen molar-refractivity contribution in [3.05, 3.63) is 120 Å². The average Bonchev–Trinajstić information content (AvgIpc) is 2.78. The molecule has 0 aliphatic heterocycles. The molecule has 0 N–H and O–H groups in total. The Bertz CT molecular complexity index is 1250. The molecular formula is C29H23F. The van der Waals surface area contributed by atoms with Crippen LogP contribution in [-0.2, 0) is 6.42 Å². The van der Waals surface area contributed by atoms with E-state index >= 15 is 4.39 Å². The third kappa shape index (κ3) is 4.34. The molecule has 0 nitrogen and oxygen atoms in total. The number of hydrogen-bond donors (Lipinski definition) is 0. The van der Waals surface area contributed by atoms with Gasteiger partial charge in [0.05, 0.1) is 0 Å². The van der Waals surface area contributed by atoms with Gasteiger partial charge in [0.25, 0.3) is 0 Å². The summed E-state index contributed by atoms with van der Waals surface area (Å²) in [5, 5.41) is 1.47. The third-order valence-electron chi connectivity index (χ3n) is 5.26. The van der Waals surface area contributed by atoms with E-state index in [0.29, 0.717) is 10.9 Å². The zero-order chi connectivity index (χ0) is 20.9. The lowest BCUT2D eigenvalue weighted by Gasteiger charge is -2.08. The Balaban J connectivity index is 1.60. The Morgan fingerprint density at radius 2 is 1.53 bits per heavy atom. The average molecular weight is 391 g/mol. The van der Waals surface area contributed by atoms with E-state index in [1.165, 1.54) is 5.56 Å². The highest BCUT2D eigenvalue weighted by Crippen LogP contribution is 2.29. The van der Waals surface area contributed by atoms with E-state index in [0.717, 1.165) is 40.5 Å². The molecule has 0 bridgehead atoms. The number of rotatable bonds is 4. The summed E-state index contributed by atoms with van der Waals surface area (Å²) >= 11 is 0. The molecule has 4 aromatic rings. The number of benzene rings is 4. The van der Waals surface area contributed by atoms with Crippen LogP contribution < -0.4 is 0 Å². The topological polar surface area (TPSA) is 0 Å².